The minimum Gasteiger partial charge on any atom is -0.494 e. The Balaban J connectivity index is 1.91. The molecule has 0 bridgehead atoms. The van der Waals surface area contributed by atoms with Gasteiger partial charge >= 0.3 is 0 Å². The van der Waals surface area contributed by atoms with Crippen molar-refractivity contribution in [3.05, 3.63) is 40.7 Å². The summed E-state index contributed by atoms with van der Waals surface area (Å²) in [6, 6.07) is 8.96. The molecule has 5 nitrogen and oxygen atoms in total. The molecule has 1 aromatic heterocycles. The molecule has 0 amide bonds. The first-order valence-electron chi connectivity index (χ1n) is 6.54. The quantitative estimate of drug-likeness (QED) is 0.623. The first-order valence-corrected chi connectivity index (χ1v) is 6.54. The van der Waals surface area contributed by atoms with Gasteiger partial charge in [0.1, 0.15) is 5.75 Å². The zero-order valence-electron chi connectivity index (χ0n) is 11.7. The van der Waals surface area contributed by atoms with Gasteiger partial charge in [0, 0.05) is 32.8 Å². The second-order valence-electron chi connectivity index (χ2n) is 4.46. The number of nitrogens with one attached hydrogen (secondary N) is 1. The van der Waals surface area contributed by atoms with E-state index in [1.807, 2.05) is 18.2 Å². The SMILES string of the molecule is COC(CCCOc1ccc2ccc(=O)[nH]c2c1)OC. The average Bonchev–Trinajstić information content (AvgIpc) is 2.47. The molecular formula is C15H19NO4. The van der Waals surface area contributed by atoms with Gasteiger partial charge in [-0.05, 0) is 30.0 Å². The van der Waals surface area contributed by atoms with Gasteiger partial charge in [0.05, 0.1) is 12.1 Å². The van der Waals surface area contributed by atoms with Gasteiger partial charge in [-0.25, -0.2) is 0 Å². The van der Waals surface area contributed by atoms with E-state index < -0.39 is 0 Å². The second-order valence-corrected chi connectivity index (χ2v) is 4.46. The smallest absolute Gasteiger partial charge is 0.248 e. The Bertz CT molecular complexity index is 604. The van der Waals surface area contributed by atoms with Crippen molar-refractivity contribution in [2.75, 3.05) is 20.8 Å². The molecule has 1 N–H and O–H groups in total. The molecule has 1 heterocycles. The summed E-state index contributed by atoms with van der Waals surface area (Å²) in [5, 5.41) is 0.982. The molecule has 0 unspecified atom stereocenters. The lowest BCUT2D eigenvalue weighted by Crippen LogP contribution is -2.14. The Morgan fingerprint density at radius 2 is 1.90 bits per heavy atom. The molecule has 0 atom stereocenters. The lowest BCUT2D eigenvalue weighted by atomic mass is 10.2. The van der Waals surface area contributed by atoms with Gasteiger partial charge in [-0.15, -0.1) is 0 Å². The van der Waals surface area contributed by atoms with E-state index in [1.54, 1.807) is 20.3 Å². The molecule has 20 heavy (non-hydrogen) atoms. The van der Waals surface area contributed by atoms with Crippen molar-refractivity contribution in [2.45, 2.75) is 19.1 Å². The van der Waals surface area contributed by atoms with Crippen molar-refractivity contribution in [1.29, 1.82) is 0 Å². The molecule has 1 aromatic carbocycles. The Morgan fingerprint density at radius 3 is 2.65 bits per heavy atom. The van der Waals surface area contributed by atoms with E-state index in [2.05, 4.69) is 4.98 Å². The number of hydrogen-bond acceptors (Lipinski definition) is 4. The minimum absolute atomic E-state index is 0.113. The zero-order chi connectivity index (χ0) is 14.4. The number of benzene rings is 1. The molecule has 108 valence electrons. The predicted molar refractivity (Wildman–Crippen MR) is 77.1 cm³/mol. The second kappa shape index (κ2) is 7.07. The van der Waals surface area contributed by atoms with Crippen LogP contribution in [0, 0.1) is 0 Å². The summed E-state index contributed by atoms with van der Waals surface area (Å²) in [6.45, 7) is 0.575. The van der Waals surface area contributed by atoms with Crippen LogP contribution in [0.25, 0.3) is 10.9 Å². The van der Waals surface area contributed by atoms with E-state index in [0.717, 1.165) is 29.5 Å². The van der Waals surface area contributed by atoms with Crippen molar-refractivity contribution < 1.29 is 14.2 Å². The first kappa shape index (κ1) is 14.6. The third kappa shape index (κ3) is 3.82. The maximum Gasteiger partial charge on any atom is 0.248 e. The molecule has 2 rings (SSSR count). The summed E-state index contributed by atoms with van der Waals surface area (Å²) in [5.74, 6) is 0.741. The van der Waals surface area contributed by atoms with Gasteiger partial charge in [-0.2, -0.15) is 0 Å². The highest BCUT2D eigenvalue weighted by molar-refractivity contribution is 5.79. The zero-order valence-corrected chi connectivity index (χ0v) is 11.7. The van der Waals surface area contributed by atoms with Crippen molar-refractivity contribution in [3.63, 3.8) is 0 Å². The monoisotopic (exact) mass is 277 g/mol. The predicted octanol–water partition coefficient (Wildman–Crippen LogP) is 2.31. The lowest BCUT2D eigenvalue weighted by molar-refractivity contribution is -0.107. The Labute approximate surface area is 117 Å². The highest BCUT2D eigenvalue weighted by Gasteiger charge is 2.04. The summed E-state index contributed by atoms with van der Waals surface area (Å²) in [4.78, 5) is 14.1. The van der Waals surface area contributed by atoms with Crippen LogP contribution in [-0.4, -0.2) is 32.1 Å². The van der Waals surface area contributed by atoms with Gasteiger partial charge in [0.15, 0.2) is 6.29 Å². The molecule has 2 aromatic rings. The van der Waals surface area contributed by atoms with Crippen LogP contribution in [0.5, 0.6) is 5.75 Å². The number of aromatic nitrogens is 1. The number of hydrogen-bond donors (Lipinski definition) is 1. The number of methoxy groups -OCH3 is 2. The Kier molecular flexibility index (Phi) is 5.15. The van der Waals surface area contributed by atoms with Crippen molar-refractivity contribution >= 4 is 10.9 Å². The fraction of sp³-hybridized carbons (Fsp3) is 0.400. The maximum absolute atomic E-state index is 11.3. The minimum atomic E-state index is -0.188. The molecular weight excluding hydrogens is 258 g/mol. The standard InChI is InChI=1S/C15H19NO4/c1-18-15(19-2)4-3-9-20-12-7-5-11-6-8-14(17)16-13(11)10-12/h5-8,10,15H,3-4,9H2,1-2H3,(H,16,17). The third-order valence-corrected chi connectivity index (χ3v) is 3.08. The van der Waals surface area contributed by atoms with Crippen molar-refractivity contribution in [1.82, 2.24) is 4.98 Å². The number of aromatic amines is 1. The van der Waals surface area contributed by atoms with E-state index in [9.17, 15) is 4.79 Å². The number of ether oxygens (including phenoxy) is 3. The summed E-state index contributed by atoms with van der Waals surface area (Å²) in [6.07, 6.45) is 1.42. The van der Waals surface area contributed by atoms with Crippen LogP contribution in [0.1, 0.15) is 12.8 Å². The summed E-state index contributed by atoms with van der Waals surface area (Å²) in [5.41, 5.74) is 0.666. The summed E-state index contributed by atoms with van der Waals surface area (Å²) >= 11 is 0. The van der Waals surface area contributed by atoms with E-state index in [4.69, 9.17) is 14.2 Å². The van der Waals surface area contributed by atoms with Crippen LogP contribution in [0.3, 0.4) is 0 Å². The fourth-order valence-corrected chi connectivity index (χ4v) is 1.99. The van der Waals surface area contributed by atoms with Gasteiger partial charge in [-0.3, -0.25) is 4.79 Å². The van der Waals surface area contributed by atoms with E-state index in [1.165, 1.54) is 6.07 Å². The Hall–Kier alpha value is -1.85. The molecule has 0 aliphatic heterocycles. The molecule has 0 aliphatic rings. The molecule has 0 aliphatic carbocycles. The van der Waals surface area contributed by atoms with Crippen LogP contribution in [-0.2, 0) is 9.47 Å². The molecule has 0 saturated heterocycles. The number of H-pyrrole nitrogens is 1. The van der Waals surface area contributed by atoms with E-state index >= 15 is 0 Å². The van der Waals surface area contributed by atoms with Crippen LogP contribution in [0.2, 0.25) is 0 Å². The van der Waals surface area contributed by atoms with Gasteiger partial charge in [0.25, 0.3) is 0 Å². The highest BCUT2D eigenvalue weighted by atomic mass is 16.7. The fourth-order valence-electron chi connectivity index (χ4n) is 1.99. The molecule has 0 saturated carbocycles. The van der Waals surface area contributed by atoms with Crippen LogP contribution in [0.15, 0.2) is 35.1 Å². The van der Waals surface area contributed by atoms with Gasteiger partial charge in [0.2, 0.25) is 5.56 Å². The molecule has 0 radical (unpaired) electrons. The summed E-state index contributed by atoms with van der Waals surface area (Å²) in [7, 11) is 3.24. The largest absolute Gasteiger partial charge is 0.494 e. The van der Waals surface area contributed by atoms with Crippen molar-refractivity contribution in [3.8, 4) is 5.75 Å². The maximum atomic E-state index is 11.3. The topological polar surface area (TPSA) is 60.5 Å². The molecule has 0 fully saturated rings. The van der Waals surface area contributed by atoms with Crippen LogP contribution in [0.4, 0.5) is 0 Å². The van der Waals surface area contributed by atoms with E-state index in [0.29, 0.717) is 6.61 Å². The lowest BCUT2D eigenvalue weighted by Gasteiger charge is -2.13. The number of fused-ring (bicyclic) bond motifs is 1. The van der Waals surface area contributed by atoms with Crippen LogP contribution >= 0.6 is 0 Å². The van der Waals surface area contributed by atoms with Crippen molar-refractivity contribution in [2.24, 2.45) is 0 Å². The van der Waals surface area contributed by atoms with E-state index in [-0.39, 0.29) is 11.8 Å². The third-order valence-electron chi connectivity index (χ3n) is 3.08. The average molecular weight is 277 g/mol. The normalized spacial score (nSPS) is 11.2. The van der Waals surface area contributed by atoms with Crippen LogP contribution < -0.4 is 10.3 Å². The number of rotatable bonds is 7. The van der Waals surface area contributed by atoms with Gasteiger partial charge in [-0.1, -0.05) is 0 Å². The Morgan fingerprint density at radius 1 is 1.15 bits per heavy atom. The molecule has 0 spiro atoms. The first-order chi connectivity index (χ1) is 9.72. The molecule has 5 heteroatoms. The highest BCUT2D eigenvalue weighted by Crippen LogP contribution is 2.18. The van der Waals surface area contributed by atoms with Gasteiger partial charge < -0.3 is 19.2 Å². The number of pyridine rings is 1. The summed E-state index contributed by atoms with van der Waals surface area (Å²) < 4.78 is 15.9.